The summed E-state index contributed by atoms with van der Waals surface area (Å²) in [7, 11) is 0. The number of furan rings is 1. The first-order valence-corrected chi connectivity index (χ1v) is 8.49. The van der Waals surface area contributed by atoms with Gasteiger partial charge in [-0.05, 0) is 60.0 Å². The minimum absolute atomic E-state index is 0.152. The van der Waals surface area contributed by atoms with Crippen molar-refractivity contribution >= 4 is 11.6 Å². The number of rotatable bonds is 5. The standard InChI is InChI=1S/C17H20N6O2/c24-17(15-6-1-7-16-19-20-21-23(15)16)18-10-13-4-2-8-22(11-13)12-14-5-3-9-25-14/h1,3,5-7,9,13H,2,4,8,10-12H2,(H,18,24)/t13-/m1/s1. The highest BCUT2D eigenvalue weighted by atomic mass is 16.3. The Labute approximate surface area is 144 Å². The van der Waals surface area contributed by atoms with E-state index in [1.807, 2.05) is 12.1 Å². The molecule has 8 heteroatoms. The third-order valence-corrected chi connectivity index (χ3v) is 4.57. The SMILES string of the molecule is O=C(NC[C@H]1CCCN(Cc2ccco2)C1)c1cccc2nnnn12. The molecule has 3 aromatic heterocycles. The molecule has 130 valence electrons. The van der Waals surface area contributed by atoms with Crippen LogP contribution in [0.1, 0.15) is 29.1 Å². The third kappa shape index (κ3) is 3.53. The summed E-state index contributed by atoms with van der Waals surface area (Å²) in [5.41, 5.74) is 1.01. The number of aromatic nitrogens is 4. The summed E-state index contributed by atoms with van der Waals surface area (Å²) < 4.78 is 6.89. The van der Waals surface area contributed by atoms with Gasteiger partial charge >= 0.3 is 0 Å². The average molecular weight is 340 g/mol. The number of pyridine rings is 1. The zero-order chi connectivity index (χ0) is 17.1. The molecule has 1 aliphatic heterocycles. The van der Waals surface area contributed by atoms with E-state index in [-0.39, 0.29) is 5.91 Å². The molecule has 1 fully saturated rings. The predicted molar refractivity (Wildman–Crippen MR) is 89.8 cm³/mol. The number of tetrazole rings is 1. The van der Waals surface area contributed by atoms with Crippen LogP contribution in [0.5, 0.6) is 0 Å². The lowest BCUT2D eigenvalue weighted by Gasteiger charge is -2.32. The summed E-state index contributed by atoms with van der Waals surface area (Å²) in [4.78, 5) is 14.9. The molecule has 1 saturated heterocycles. The molecule has 0 bridgehead atoms. The normalized spacial score (nSPS) is 18.5. The number of hydrogen-bond donors (Lipinski definition) is 1. The fourth-order valence-electron chi connectivity index (χ4n) is 3.35. The monoisotopic (exact) mass is 340 g/mol. The maximum absolute atomic E-state index is 12.5. The number of hydrogen-bond acceptors (Lipinski definition) is 6. The Morgan fingerprint density at radius 1 is 1.32 bits per heavy atom. The van der Waals surface area contributed by atoms with Crippen molar-refractivity contribution in [1.29, 1.82) is 0 Å². The topological polar surface area (TPSA) is 88.6 Å². The summed E-state index contributed by atoms with van der Waals surface area (Å²) in [5, 5.41) is 14.4. The van der Waals surface area contributed by atoms with E-state index in [9.17, 15) is 4.79 Å². The molecule has 0 unspecified atom stereocenters. The van der Waals surface area contributed by atoms with E-state index in [0.29, 0.717) is 23.8 Å². The highest BCUT2D eigenvalue weighted by Gasteiger charge is 2.22. The molecule has 4 rings (SSSR count). The van der Waals surface area contributed by atoms with Crippen molar-refractivity contribution in [2.45, 2.75) is 19.4 Å². The second-order valence-corrected chi connectivity index (χ2v) is 6.39. The summed E-state index contributed by atoms with van der Waals surface area (Å²) in [5.74, 6) is 1.26. The van der Waals surface area contributed by atoms with E-state index in [2.05, 4.69) is 25.7 Å². The third-order valence-electron chi connectivity index (χ3n) is 4.57. The van der Waals surface area contributed by atoms with Gasteiger partial charge in [0.2, 0.25) is 0 Å². The van der Waals surface area contributed by atoms with Gasteiger partial charge in [-0.2, -0.15) is 4.52 Å². The van der Waals surface area contributed by atoms with E-state index in [1.165, 1.54) is 4.52 Å². The Morgan fingerprint density at radius 2 is 2.28 bits per heavy atom. The molecular formula is C17H20N6O2. The number of carbonyl (C=O) groups is 1. The maximum atomic E-state index is 12.5. The largest absolute Gasteiger partial charge is 0.468 e. The fraction of sp³-hybridized carbons (Fsp3) is 0.412. The molecule has 1 amide bonds. The Hall–Kier alpha value is -2.74. The van der Waals surface area contributed by atoms with Crippen LogP contribution >= 0.6 is 0 Å². The molecule has 1 N–H and O–H groups in total. The zero-order valence-corrected chi connectivity index (χ0v) is 13.8. The van der Waals surface area contributed by atoms with Gasteiger partial charge in [0.1, 0.15) is 11.5 Å². The van der Waals surface area contributed by atoms with Crippen LogP contribution < -0.4 is 5.32 Å². The van der Waals surface area contributed by atoms with Crippen LogP contribution in [0.3, 0.4) is 0 Å². The zero-order valence-electron chi connectivity index (χ0n) is 13.8. The fourth-order valence-corrected chi connectivity index (χ4v) is 3.35. The summed E-state index contributed by atoms with van der Waals surface area (Å²) >= 11 is 0. The number of nitrogens with one attached hydrogen (secondary N) is 1. The maximum Gasteiger partial charge on any atom is 0.270 e. The smallest absolute Gasteiger partial charge is 0.270 e. The number of amides is 1. The molecule has 0 aromatic carbocycles. The van der Waals surface area contributed by atoms with Crippen LogP contribution in [-0.2, 0) is 6.54 Å². The van der Waals surface area contributed by atoms with Gasteiger partial charge in [0.05, 0.1) is 12.8 Å². The second-order valence-electron chi connectivity index (χ2n) is 6.39. The minimum Gasteiger partial charge on any atom is -0.468 e. The highest BCUT2D eigenvalue weighted by molar-refractivity contribution is 5.93. The molecule has 0 aliphatic carbocycles. The first-order chi connectivity index (χ1) is 12.3. The number of carbonyl (C=O) groups excluding carboxylic acids is 1. The van der Waals surface area contributed by atoms with Crippen LogP contribution in [0.4, 0.5) is 0 Å². The van der Waals surface area contributed by atoms with E-state index >= 15 is 0 Å². The molecule has 3 aromatic rings. The van der Waals surface area contributed by atoms with E-state index in [4.69, 9.17) is 4.42 Å². The van der Waals surface area contributed by atoms with Gasteiger partial charge in [-0.25, -0.2) is 0 Å². The number of fused-ring (bicyclic) bond motifs is 1. The van der Waals surface area contributed by atoms with E-state index in [0.717, 1.165) is 38.2 Å². The highest BCUT2D eigenvalue weighted by Crippen LogP contribution is 2.18. The molecule has 0 radical (unpaired) electrons. The lowest BCUT2D eigenvalue weighted by molar-refractivity contribution is 0.0920. The van der Waals surface area contributed by atoms with E-state index in [1.54, 1.807) is 24.5 Å². The minimum atomic E-state index is -0.152. The quantitative estimate of drug-likeness (QED) is 0.754. The molecule has 1 aliphatic rings. The van der Waals surface area contributed by atoms with E-state index < -0.39 is 0 Å². The van der Waals surface area contributed by atoms with Crippen molar-refractivity contribution in [2.75, 3.05) is 19.6 Å². The van der Waals surface area contributed by atoms with Crippen LogP contribution in [0.25, 0.3) is 5.65 Å². The summed E-state index contributed by atoms with van der Waals surface area (Å²) in [6.07, 6.45) is 3.95. The van der Waals surface area contributed by atoms with Crippen molar-refractivity contribution in [2.24, 2.45) is 5.92 Å². The van der Waals surface area contributed by atoms with Gasteiger partial charge in [-0.1, -0.05) is 6.07 Å². The van der Waals surface area contributed by atoms with Crippen LogP contribution in [0, 0.1) is 5.92 Å². The van der Waals surface area contributed by atoms with Crippen molar-refractivity contribution in [1.82, 2.24) is 30.3 Å². The Kier molecular flexibility index (Phi) is 4.43. The Bertz CT molecular complexity index is 844. The van der Waals surface area contributed by atoms with Crippen molar-refractivity contribution in [3.8, 4) is 0 Å². The molecular weight excluding hydrogens is 320 g/mol. The van der Waals surface area contributed by atoms with Crippen molar-refractivity contribution < 1.29 is 9.21 Å². The van der Waals surface area contributed by atoms with Crippen LogP contribution in [0.15, 0.2) is 41.0 Å². The number of piperidine rings is 1. The van der Waals surface area contributed by atoms with Gasteiger partial charge in [0, 0.05) is 13.1 Å². The molecule has 0 saturated carbocycles. The lowest BCUT2D eigenvalue weighted by atomic mass is 9.98. The molecule has 4 heterocycles. The first kappa shape index (κ1) is 15.8. The van der Waals surface area contributed by atoms with Gasteiger partial charge in [0.15, 0.2) is 5.65 Å². The molecule has 1 atom stereocenters. The van der Waals surface area contributed by atoms with Gasteiger partial charge in [0.25, 0.3) is 5.91 Å². The number of likely N-dealkylation sites (tertiary alicyclic amines) is 1. The van der Waals surface area contributed by atoms with Gasteiger partial charge in [-0.15, -0.1) is 5.10 Å². The Balaban J connectivity index is 1.34. The predicted octanol–water partition coefficient (Wildman–Crippen LogP) is 1.36. The van der Waals surface area contributed by atoms with Crippen LogP contribution in [-0.4, -0.2) is 50.5 Å². The summed E-state index contributed by atoms with van der Waals surface area (Å²) in [6.45, 7) is 3.48. The van der Waals surface area contributed by atoms with Crippen molar-refractivity contribution in [3.63, 3.8) is 0 Å². The molecule has 8 nitrogen and oxygen atoms in total. The summed E-state index contributed by atoms with van der Waals surface area (Å²) in [6, 6.07) is 9.19. The lowest BCUT2D eigenvalue weighted by Crippen LogP contribution is -2.40. The number of nitrogens with zero attached hydrogens (tertiary/aromatic N) is 5. The average Bonchev–Trinajstić information content (AvgIpc) is 3.31. The second kappa shape index (κ2) is 7.02. The first-order valence-electron chi connectivity index (χ1n) is 8.49. The van der Waals surface area contributed by atoms with Gasteiger partial charge in [-0.3, -0.25) is 9.69 Å². The Morgan fingerprint density at radius 3 is 3.16 bits per heavy atom. The molecule has 25 heavy (non-hydrogen) atoms. The van der Waals surface area contributed by atoms with Crippen LogP contribution in [0.2, 0.25) is 0 Å². The van der Waals surface area contributed by atoms with Gasteiger partial charge < -0.3 is 9.73 Å². The molecule has 0 spiro atoms. The van der Waals surface area contributed by atoms with Crippen molar-refractivity contribution in [3.05, 3.63) is 48.0 Å².